The molecule has 0 spiro atoms. The number of amides is 1. The van der Waals surface area contributed by atoms with E-state index in [1.54, 1.807) is 0 Å². The van der Waals surface area contributed by atoms with E-state index in [1.807, 2.05) is 23.1 Å². The molecule has 0 aliphatic carbocycles. The number of fused-ring (bicyclic) bond motifs is 1. The van der Waals surface area contributed by atoms with E-state index in [-0.39, 0.29) is 5.91 Å². The molecule has 90 valence electrons. The second-order valence-corrected chi connectivity index (χ2v) is 4.52. The largest absolute Gasteiger partial charge is 0.372 e. The van der Waals surface area contributed by atoms with Crippen molar-refractivity contribution in [1.29, 1.82) is 0 Å². The molecule has 1 fully saturated rings. The van der Waals surface area contributed by atoms with Gasteiger partial charge in [0.2, 0.25) is 0 Å². The molecule has 1 N–H and O–H groups in total. The van der Waals surface area contributed by atoms with Gasteiger partial charge in [0.1, 0.15) is 0 Å². The fraction of sp³-hybridized carbons (Fsp3) is 0.462. The van der Waals surface area contributed by atoms with Crippen LogP contribution in [-0.2, 0) is 18.0 Å². The fourth-order valence-electron chi connectivity index (χ4n) is 2.36. The maximum Gasteiger partial charge on any atom is 0.253 e. The highest BCUT2D eigenvalue weighted by Gasteiger charge is 2.20. The molecular formula is C13H16N2O2. The number of piperazine rings is 1. The summed E-state index contributed by atoms with van der Waals surface area (Å²) in [5, 5.41) is 3.25. The normalized spacial score (nSPS) is 19.2. The summed E-state index contributed by atoms with van der Waals surface area (Å²) in [5.74, 6) is 0.140. The Kier molecular flexibility index (Phi) is 2.82. The van der Waals surface area contributed by atoms with Gasteiger partial charge in [-0.2, -0.15) is 0 Å². The van der Waals surface area contributed by atoms with E-state index < -0.39 is 0 Å². The second kappa shape index (κ2) is 4.47. The Balaban J connectivity index is 1.81. The minimum atomic E-state index is 0.140. The van der Waals surface area contributed by atoms with Crippen molar-refractivity contribution < 1.29 is 9.53 Å². The predicted molar refractivity (Wildman–Crippen MR) is 63.7 cm³/mol. The van der Waals surface area contributed by atoms with Crippen molar-refractivity contribution in [2.45, 2.75) is 13.2 Å². The maximum atomic E-state index is 12.3. The minimum Gasteiger partial charge on any atom is -0.372 e. The first-order valence-electron chi connectivity index (χ1n) is 6.04. The molecule has 0 saturated carbocycles. The molecule has 4 nitrogen and oxygen atoms in total. The summed E-state index contributed by atoms with van der Waals surface area (Å²) in [6.45, 7) is 4.69. The van der Waals surface area contributed by atoms with E-state index in [4.69, 9.17) is 4.74 Å². The van der Waals surface area contributed by atoms with Gasteiger partial charge in [-0.05, 0) is 23.3 Å². The quantitative estimate of drug-likeness (QED) is 0.777. The molecule has 1 saturated heterocycles. The molecule has 1 aromatic rings. The van der Waals surface area contributed by atoms with Crippen LogP contribution in [0.3, 0.4) is 0 Å². The first-order chi connectivity index (χ1) is 8.34. The van der Waals surface area contributed by atoms with Gasteiger partial charge in [0.15, 0.2) is 0 Å². The zero-order valence-electron chi connectivity index (χ0n) is 9.74. The first-order valence-corrected chi connectivity index (χ1v) is 6.04. The Bertz CT molecular complexity index is 439. The molecule has 4 heteroatoms. The van der Waals surface area contributed by atoms with Crippen molar-refractivity contribution in [3.05, 3.63) is 34.9 Å². The van der Waals surface area contributed by atoms with Crippen LogP contribution < -0.4 is 5.32 Å². The molecular weight excluding hydrogens is 216 g/mol. The van der Waals surface area contributed by atoms with E-state index in [0.29, 0.717) is 13.2 Å². The highest BCUT2D eigenvalue weighted by Crippen LogP contribution is 2.21. The highest BCUT2D eigenvalue weighted by atomic mass is 16.5. The third-order valence-corrected chi connectivity index (χ3v) is 3.37. The lowest BCUT2D eigenvalue weighted by Crippen LogP contribution is -2.46. The number of hydrogen-bond acceptors (Lipinski definition) is 3. The van der Waals surface area contributed by atoms with E-state index in [1.165, 1.54) is 5.56 Å². The summed E-state index contributed by atoms with van der Waals surface area (Å²) in [6.07, 6.45) is 0. The second-order valence-electron chi connectivity index (χ2n) is 4.52. The van der Waals surface area contributed by atoms with Crippen molar-refractivity contribution >= 4 is 5.91 Å². The Labute approximate surface area is 101 Å². The first kappa shape index (κ1) is 10.7. The molecule has 0 atom stereocenters. The van der Waals surface area contributed by atoms with Crippen LogP contribution in [0, 0.1) is 0 Å². The average molecular weight is 232 g/mol. The zero-order chi connectivity index (χ0) is 11.7. The molecule has 2 heterocycles. The lowest BCUT2D eigenvalue weighted by Gasteiger charge is -2.27. The molecule has 1 aromatic carbocycles. The van der Waals surface area contributed by atoms with Gasteiger partial charge in [0, 0.05) is 31.7 Å². The fourth-order valence-corrected chi connectivity index (χ4v) is 2.36. The monoisotopic (exact) mass is 232 g/mol. The molecule has 0 aromatic heterocycles. The van der Waals surface area contributed by atoms with Crippen LogP contribution in [0.5, 0.6) is 0 Å². The van der Waals surface area contributed by atoms with Crippen molar-refractivity contribution in [3.8, 4) is 0 Å². The van der Waals surface area contributed by atoms with Crippen molar-refractivity contribution in [3.63, 3.8) is 0 Å². The summed E-state index contributed by atoms with van der Waals surface area (Å²) in [4.78, 5) is 14.2. The number of hydrogen-bond donors (Lipinski definition) is 1. The summed E-state index contributed by atoms with van der Waals surface area (Å²) >= 11 is 0. The van der Waals surface area contributed by atoms with Crippen molar-refractivity contribution in [2.24, 2.45) is 0 Å². The van der Waals surface area contributed by atoms with Gasteiger partial charge in [0.05, 0.1) is 13.2 Å². The van der Waals surface area contributed by atoms with Crippen LogP contribution in [0.15, 0.2) is 18.2 Å². The third kappa shape index (κ3) is 2.06. The van der Waals surface area contributed by atoms with Gasteiger partial charge in [-0.3, -0.25) is 4.79 Å². The number of ether oxygens (including phenoxy) is 1. The smallest absolute Gasteiger partial charge is 0.253 e. The summed E-state index contributed by atoms with van der Waals surface area (Å²) in [6, 6.07) is 5.91. The summed E-state index contributed by atoms with van der Waals surface area (Å²) in [5.41, 5.74) is 3.16. The topological polar surface area (TPSA) is 41.6 Å². The van der Waals surface area contributed by atoms with Gasteiger partial charge in [-0.1, -0.05) is 6.07 Å². The van der Waals surface area contributed by atoms with Crippen molar-refractivity contribution in [2.75, 3.05) is 26.2 Å². The standard InChI is InChI=1S/C13H16N2O2/c16-13(15-5-3-14-4-6-15)10-1-2-11-8-17-9-12(11)7-10/h1-2,7,14H,3-6,8-9H2. The van der Waals surface area contributed by atoms with Gasteiger partial charge in [-0.15, -0.1) is 0 Å². The van der Waals surface area contributed by atoms with E-state index in [2.05, 4.69) is 5.32 Å². The van der Waals surface area contributed by atoms with Gasteiger partial charge < -0.3 is 15.0 Å². The van der Waals surface area contributed by atoms with Crippen LogP contribution in [0.2, 0.25) is 0 Å². The lowest BCUT2D eigenvalue weighted by atomic mass is 10.1. The minimum absolute atomic E-state index is 0.140. The summed E-state index contributed by atoms with van der Waals surface area (Å²) < 4.78 is 5.36. The Morgan fingerprint density at radius 2 is 1.94 bits per heavy atom. The third-order valence-electron chi connectivity index (χ3n) is 3.37. The highest BCUT2D eigenvalue weighted by molar-refractivity contribution is 5.94. The van der Waals surface area contributed by atoms with Gasteiger partial charge in [-0.25, -0.2) is 0 Å². The van der Waals surface area contributed by atoms with Crippen LogP contribution in [0.4, 0.5) is 0 Å². The van der Waals surface area contributed by atoms with Crippen LogP contribution in [-0.4, -0.2) is 37.0 Å². The Morgan fingerprint density at radius 3 is 2.76 bits per heavy atom. The molecule has 0 unspecified atom stereocenters. The lowest BCUT2D eigenvalue weighted by molar-refractivity contribution is 0.0735. The van der Waals surface area contributed by atoms with Crippen LogP contribution in [0.1, 0.15) is 21.5 Å². The SMILES string of the molecule is O=C(c1ccc2c(c1)COC2)N1CCNCC1. The zero-order valence-corrected chi connectivity index (χ0v) is 9.74. The molecule has 0 radical (unpaired) electrons. The number of carbonyl (C=O) groups excluding carboxylic acids is 1. The van der Waals surface area contributed by atoms with Crippen LogP contribution >= 0.6 is 0 Å². The molecule has 3 rings (SSSR count). The number of benzene rings is 1. The molecule has 2 aliphatic rings. The molecule has 2 aliphatic heterocycles. The Morgan fingerprint density at radius 1 is 1.18 bits per heavy atom. The van der Waals surface area contributed by atoms with Crippen molar-refractivity contribution in [1.82, 2.24) is 10.2 Å². The van der Waals surface area contributed by atoms with E-state index >= 15 is 0 Å². The molecule has 0 bridgehead atoms. The number of nitrogens with one attached hydrogen (secondary N) is 1. The van der Waals surface area contributed by atoms with Gasteiger partial charge >= 0.3 is 0 Å². The maximum absolute atomic E-state index is 12.3. The van der Waals surface area contributed by atoms with Gasteiger partial charge in [0.25, 0.3) is 5.91 Å². The number of nitrogens with zero attached hydrogens (tertiary/aromatic N) is 1. The molecule has 1 amide bonds. The average Bonchev–Trinajstić information content (AvgIpc) is 2.86. The number of carbonyl (C=O) groups is 1. The van der Waals surface area contributed by atoms with Crippen LogP contribution in [0.25, 0.3) is 0 Å². The molecule has 17 heavy (non-hydrogen) atoms. The van der Waals surface area contributed by atoms with E-state index in [0.717, 1.165) is 37.3 Å². The predicted octanol–water partition coefficient (Wildman–Crippen LogP) is 0.762. The number of rotatable bonds is 1. The Hall–Kier alpha value is -1.39. The van der Waals surface area contributed by atoms with E-state index in [9.17, 15) is 4.79 Å². The summed E-state index contributed by atoms with van der Waals surface area (Å²) in [7, 11) is 0.